The van der Waals surface area contributed by atoms with Gasteiger partial charge in [0.15, 0.2) is 0 Å². The molecule has 1 aliphatic rings. The van der Waals surface area contributed by atoms with Gasteiger partial charge in [-0.3, -0.25) is 4.90 Å². The quantitative estimate of drug-likeness (QED) is 0.747. The Kier molecular flexibility index (Phi) is 9.68. The van der Waals surface area contributed by atoms with Gasteiger partial charge in [-0.2, -0.15) is 5.26 Å². The highest BCUT2D eigenvalue weighted by Crippen LogP contribution is 2.28. The highest BCUT2D eigenvalue weighted by atomic mass is 127. The lowest BCUT2D eigenvalue weighted by Gasteiger charge is -2.34. The zero-order chi connectivity index (χ0) is 13.0. The Morgan fingerprint density at radius 3 is 2.60 bits per heavy atom. The summed E-state index contributed by atoms with van der Waals surface area (Å²) in [4.78, 5) is 2.19. The van der Waals surface area contributed by atoms with Crippen molar-refractivity contribution in [3.05, 3.63) is 33.1 Å². The zero-order valence-corrected chi connectivity index (χ0v) is 14.6. The summed E-state index contributed by atoms with van der Waals surface area (Å²) in [6, 6.07) is 7.13. The van der Waals surface area contributed by atoms with Crippen molar-refractivity contribution in [1.29, 1.82) is 5.26 Å². The molecule has 1 heterocycles. The van der Waals surface area contributed by atoms with Gasteiger partial charge >= 0.3 is 0 Å². The molecule has 0 aliphatic carbocycles. The van der Waals surface area contributed by atoms with Crippen LogP contribution < -0.4 is 5.32 Å². The third kappa shape index (κ3) is 5.01. The van der Waals surface area contributed by atoms with E-state index >= 15 is 0 Å². The lowest BCUT2D eigenvalue weighted by Crippen LogP contribution is -2.45. The molecular formula is C13H17Cl2FIN3. The number of hydrogen-bond acceptors (Lipinski definition) is 3. The van der Waals surface area contributed by atoms with E-state index in [4.69, 9.17) is 5.26 Å². The topological polar surface area (TPSA) is 39.1 Å². The fraction of sp³-hybridized carbons (Fsp3) is 0.462. The fourth-order valence-corrected chi connectivity index (χ4v) is 2.80. The van der Waals surface area contributed by atoms with Gasteiger partial charge in [-0.05, 0) is 40.8 Å². The lowest BCUT2D eigenvalue weighted by atomic mass is 10.0. The Balaban J connectivity index is 0.00000180. The maximum Gasteiger partial charge on any atom is 0.128 e. The van der Waals surface area contributed by atoms with Crippen molar-refractivity contribution in [1.82, 2.24) is 10.2 Å². The predicted molar refractivity (Wildman–Crippen MR) is 91.0 cm³/mol. The molecule has 0 spiro atoms. The molecule has 7 heteroatoms. The first-order valence-electron chi connectivity index (χ1n) is 5.99. The number of benzene rings is 1. The molecule has 0 bridgehead atoms. The van der Waals surface area contributed by atoms with Crippen molar-refractivity contribution in [2.75, 3.05) is 26.2 Å². The maximum absolute atomic E-state index is 13.9. The Morgan fingerprint density at radius 1 is 1.35 bits per heavy atom. The first kappa shape index (κ1) is 19.9. The van der Waals surface area contributed by atoms with Crippen LogP contribution in [0.15, 0.2) is 18.2 Å². The summed E-state index contributed by atoms with van der Waals surface area (Å²) in [6.07, 6.45) is 0.330. The van der Waals surface area contributed by atoms with Crippen LogP contribution in [-0.4, -0.2) is 31.1 Å². The van der Waals surface area contributed by atoms with Crippen LogP contribution in [0.4, 0.5) is 4.39 Å². The van der Waals surface area contributed by atoms with E-state index in [1.165, 1.54) is 6.07 Å². The van der Waals surface area contributed by atoms with Crippen LogP contribution in [0.3, 0.4) is 0 Å². The second-order valence-electron chi connectivity index (χ2n) is 4.33. The molecular weight excluding hydrogens is 415 g/mol. The summed E-state index contributed by atoms with van der Waals surface area (Å²) in [7, 11) is 0. The lowest BCUT2D eigenvalue weighted by molar-refractivity contribution is 0.172. The molecule has 1 N–H and O–H groups in total. The van der Waals surface area contributed by atoms with Gasteiger partial charge in [0, 0.05) is 35.3 Å². The molecule has 1 aromatic rings. The monoisotopic (exact) mass is 431 g/mol. The van der Waals surface area contributed by atoms with Gasteiger partial charge in [-0.15, -0.1) is 24.8 Å². The molecule has 112 valence electrons. The van der Waals surface area contributed by atoms with Crippen molar-refractivity contribution in [3.8, 4) is 6.07 Å². The molecule has 1 saturated heterocycles. The minimum Gasteiger partial charge on any atom is -0.314 e. The molecule has 0 unspecified atom stereocenters. The van der Waals surface area contributed by atoms with Crippen LogP contribution in [0, 0.1) is 20.7 Å². The van der Waals surface area contributed by atoms with Gasteiger partial charge in [-0.25, -0.2) is 4.39 Å². The largest absolute Gasteiger partial charge is 0.314 e. The van der Waals surface area contributed by atoms with Gasteiger partial charge in [0.25, 0.3) is 0 Å². The molecule has 0 radical (unpaired) electrons. The van der Waals surface area contributed by atoms with Crippen LogP contribution >= 0.6 is 47.4 Å². The highest BCUT2D eigenvalue weighted by molar-refractivity contribution is 14.1. The van der Waals surface area contributed by atoms with Gasteiger partial charge in [0.05, 0.1) is 18.5 Å². The normalized spacial score (nSPS) is 16.4. The number of rotatable bonds is 3. The van der Waals surface area contributed by atoms with Crippen LogP contribution in [0.25, 0.3) is 0 Å². The van der Waals surface area contributed by atoms with Gasteiger partial charge in [0.1, 0.15) is 5.82 Å². The zero-order valence-electron chi connectivity index (χ0n) is 10.8. The molecule has 0 amide bonds. The van der Waals surface area contributed by atoms with E-state index in [0.717, 1.165) is 29.7 Å². The SMILES string of the molecule is Cl.Cl.N#CC[C@H](c1cc(I)ccc1F)N1CCNCC1. The summed E-state index contributed by atoms with van der Waals surface area (Å²) in [5.74, 6) is -0.214. The van der Waals surface area contributed by atoms with Gasteiger partial charge in [-0.1, -0.05) is 0 Å². The standard InChI is InChI=1S/C13H15FIN3.2ClH/c14-12-2-1-10(15)9-11(12)13(3-4-16)18-7-5-17-6-8-18;;/h1-2,9,13,17H,3,5-8H2;2*1H/t13-;;/m1../s1. The molecule has 0 aromatic heterocycles. The van der Waals surface area contributed by atoms with Gasteiger partial charge in [0.2, 0.25) is 0 Å². The Labute approximate surface area is 144 Å². The molecule has 1 aromatic carbocycles. The minimum atomic E-state index is -0.214. The predicted octanol–water partition coefficient (Wildman–Crippen LogP) is 3.13. The molecule has 1 atom stereocenters. The number of piperazine rings is 1. The summed E-state index contributed by atoms with van der Waals surface area (Å²) < 4.78 is 14.9. The molecule has 3 nitrogen and oxygen atoms in total. The fourth-order valence-electron chi connectivity index (χ4n) is 2.29. The number of nitrogens with one attached hydrogen (secondary N) is 1. The molecule has 1 aliphatic heterocycles. The average Bonchev–Trinajstić information content (AvgIpc) is 2.40. The number of nitrogens with zero attached hydrogens (tertiary/aromatic N) is 2. The second kappa shape index (κ2) is 9.74. The first-order chi connectivity index (χ1) is 8.72. The van der Waals surface area contributed by atoms with E-state index in [1.807, 2.05) is 6.07 Å². The van der Waals surface area contributed by atoms with Crippen LogP contribution in [-0.2, 0) is 0 Å². The van der Waals surface area contributed by atoms with Crippen molar-refractivity contribution >= 4 is 47.4 Å². The Hall–Kier alpha value is -0.130. The van der Waals surface area contributed by atoms with Crippen molar-refractivity contribution in [2.45, 2.75) is 12.5 Å². The van der Waals surface area contributed by atoms with Crippen molar-refractivity contribution in [3.63, 3.8) is 0 Å². The van der Waals surface area contributed by atoms with E-state index in [2.05, 4.69) is 38.9 Å². The summed E-state index contributed by atoms with van der Waals surface area (Å²) in [6.45, 7) is 3.51. The second-order valence-corrected chi connectivity index (χ2v) is 5.58. The molecule has 1 fully saturated rings. The highest BCUT2D eigenvalue weighted by Gasteiger charge is 2.24. The van der Waals surface area contributed by atoms with Crippen molar-refractivity contribution < 1.29 is 4.39 Å². The average molecular weight is 432 g/mol. The van der Waals surface area contributed by atoms with Crippen LogP contribution in [0.1, 0.15) is 18.0 Å². The summed E-state index contributed by atoms with van der Waals surface area (Å²) in [5, 5.41) is 12.2. The minimum absolute atomic E-state index is 0. The Morgan fingerprint density at radius 2 is 2.00 bits per heavy atom. The van der Waals surface area contributed by atoms with Gasteiger partial charge < -0.3 is 5.32 Å². The van der Waals surface area contributed by atoms with E-state index in [1.54, 1.807) is 6.07 Å². The third-order valence-corrected chi connectivity index (χ3v) is 3.87. The third-order valence-electron chi connectivity index (χ3n) is 3.19. The van der Waals surface area contributed by atoms with E-state index < -0.39 is 0 Å². The first-order valence-corrected chi connectivity index (χ1v) is 7.07. The molecule has 2 rings (SSSR count). The number of nitriles is 1. The summed E-state index contributed by atoms with van der Waals surface area (Å²) >= 11 is 2.17. The summed E-state index contributed by atoms with van der Waals surface area (Å²) in [5.41, 5.74) is 0.644. The smallest absolute Gasteiger partial charge is 0.128 e. The van der Waals surface area contributed by atoms with E-state index in [0.29, 0.717) is 12.0 Å². The van der Waals surface area contributed by atoms with Crippen molar-refractivity contribution in [2.24, 2.45) is 0 Å². The van der Waals surface area contributed by atoms with E-state index in [-0.39, 0.29) is 36.7 Å². The number of hydrogen-bond donors (Lipinski definition) is 1. The number of halogens is 4. The van der Waals surface area contributed by atoms with E-state index in [9.17, 15) is 4.39 Å². The van der Waals surface area contributed by atoms with Crippen LogP contribution in [0.2, 0.25) is 0 Å². The maximum atomic E-state index is 13.9. The molecule has 0 saturated carbocycles. The van der Waals surface area contributed by atoms with Crippen LogP contribution in [0.5, 0.6) is 0 Å². The Bertz CT molecular complexity index is 461. The molecule has 20 heavy (non-hydrogen) atoms.